The highest BCUT2D eigenvalue weighted by molar-refractivity contribution is 6.09. The van der Waals surface area contributed by atoms with Gasteiger partial charge in [0, 0.05) is 28.0 Å². The molecule has 4 aromatic carbocycles. The molecule has 0 saturated heterocycles. The van der Waals surface area contributed by atoms with Crippen LogP contribution in [0.15, 0.2) is 127 Å². The van der Waals surface area contributed by atoms with Crippen LogP contribution in [0.3, 0.4) is 0 Å². The lowest BCUT2D eigenvalue weighted by atomic mass is 9.85. The fourth-order valence-corrected chi connectivity index (χ4v) is 7.20. The molecule has 0 amide bonds. The zero-order valence-corrected chi connectivity index (χ0v) is 28.1. The number of ether oxygens (including phenoxy) is 3. The Bertz CT molecular complexity index is 2430. The van der Waals surface area contributed by atoms with Gasteiger partial charge in [-0.3, -0.25) is 4.57 Å². The highest BCUT2D eigenvalue weighted by Crippen LogP contribution is 2.54. The van der Waals surface area contributed by atoms with Crippen molar-refractivity contribution in [1.29, 1.82) is 0 Å². The molecule has 0 N–H and O–H groups in total. The van der Waals surface area contributed by atoms with Crippen molar-refractivity contribution >= 4 is 27.6 Å². The predicted octanol–water partition coefficient (Wildman–Crippen LogP) is 10.8. The monoisotopic (exact) mass is 641 g/mol. The van der Waals surface area contributed by atoms with Crippen molar-refractivity contribution in [3.63, 3.8) is 0 Å². The number of para-hydroxylation sites is 4. The summed E-state index contributed by atoms with van der Waals surface area (Å²) in [5, 5.41) is 2.36. The average molecular weight is 642 g/mol. The highest BCUT2D eigenvalue weighted by Gasteiger charge is 2.46. The molecule has 0 atom stereocenters. The summed E-state index contributed by atoms with van der Waals surface area (Å²) in [6.07, 6.45) is 0. The third-order valence-electron chi connectivity index (χ3n) is 9.65. The summed E-state index contributed by atoms with van der Waals surface area (Å²) in [5.41, 5.74) is 6.06. The molecule has 0 spiro atoms. The molecule has 49 heavy (non-hydrogen) atoms. The number of hydrogen-bond donors (Lipinski definition) is 0. The Hall–Kier alpha value is -5.88. The van der Waals surface area contributed by atoms with Gasteiger partial charge in [-0.05, 0) is 61.2 Å². The van der Waals surface area contributed by atoms with E-state index in [0.717, 1.165) is 50.6 Å². The number of fused-ring (bicyclic) bond motifs is 6. The normalized spacial score (nSPS) is 14.6. The van der Waals surface area contributed by atoms with E-state index in [4.69, 9.17) is 24.2 Å². The van der Waals surface area contributed by atoms with Crippen LogP contribution in [0.4, 0.5) is 0 Å². The van der Waals surface area contributed by atoms with E-state index in [9.17, 15) is 0 Å². The molecule has 0 bridgehead atoms. The SMILES string of the molecule is CC(C)(C)c1ccc(-n2c3ccccc3c3ccccc32)nc1Oc1cc2c(c(-c3ccccc3)n1)C1=C(Oc3ccccc3O1)C2(C)C. The topological polar surface area (TPSA) is 58.4 Å². The molecule has 1 aliphatic carbocycles. The predicted molar refractivity (Wildman–Crippen MR) is 195 cm³/mol. The summed E-state index contributed by atoms with van der Waals surface area (Å²) >= 11 is 0. The van der Waals surface area contributed by atoms with E-state index in [1.165, 1.54) is 10.8 Å². The molecule has 240 valence electrons. The number of rotatable bonds is 4. The molecule has 2 aliphatic rings. The second kappa shape index (κ2) is 10.6. The van der Waals surface area contributed by atoms with Crippen LogP contribution in [-0.2, 0) is 10.8 Å². The van der Waals surface area contributed by atoms with Gasteiger partial charge < -0.3 is 14.2 Å². The lowest BCUT2D eigenvalue weighted by molar-refractivity contribution is 0.299. The maximum absolute atomic E-state index is 6.86. The summed E-state index contributed by atoms with van der Waals surface area (Å²) in [7, 11) is 0. The molecule has 4 heterocycles. The quantitative estimate of drug-likeness (QED) is 0.191. The molecular weight excluding hydrogens is 606 g/mol. The standard InChI is InChI=1S/C43H35N3O3/c1-42(2,3)29-23-24-35(46-31-19-11-9-17-27(31)28-18-10-12-20-32(28)46)44-41(29)49-36-25-30-37(38(45-36)26-15-7-6-8-16-26)39-40(43(30,4)5)48-34-22-14-13-21-33(34)47-39/h6-25H,1-5H3. The minimum atomic E-state index is -0.520. The first-order chi connectivity index (χ1) is 23.7. The van der Waals surface area contributed by atoms with Crippen LogP contribution in [0, 0.1) is 0 Å². The fourth-order valence-electron chi connectivity index (χ4n) is 7.20. The van der Waals surface area contributed by atoms with Gasteiger partial charge >= 0.3 is 0 Å². The zero-order valence-electron chi connectivity index (χ0n) is 28.1. The minimum absolute atomic E-state index is 0.242. The van der Waals surface area contributed by atoms with Crippen molar-refractivity contribution in [3.05, 3.63) is 144 Å². The Morgan fingerprint density at radius 3 is 1.96 bits per heavy atom. The van der Waals surface area contributed by atoms with Gasteiger partial charge in [-0.25, -0.2) is 4.98 Å². The summed E-state index contributed by atoms with van der Waals surface area (Å²) in [6, 6.07) is 41.1. The van der Waals surface area contributed by atoms with Gasteiger partial charge in [-0.2, -0.15) is 4.98 Å². The van der Waals surface area contributed by atoms with E-state index < -0.39 is 5.41 Å². The number of nitrogens with zero attached hydrogens (tertiary/aromatic N) is 3. The van der Waals surface area contributed by atoms with Crippen molar-refractivity contribution < 1.29 is 14.2 Å². The second-order valence-electron chi connectivity index (χ2n) is 14.3. The fraction of sp³-hybridized carbons (Fsp3) is 0.163. The van der Waals surface area contributed by atoms with Crippen molar-refractivity contribution in [2.75, 3.05) is 0 Å². The Balaban J connectivity index is 1.23. The maximum atomic E-state index is 6.86. The molecule has 7 aromatic rings. The molecule has 6 nitrogen and oxygen atoms in total. The average Bonchev–Trinajstić information content (AvgIpc) is 3.55. The first kappa shape index (κ1) is 29.3. The van der Waals surface area contributed by atoms with Crippen LogP contribution in [0.1, 0.15) is 51.3 Å². The van der Waals surface area contributed by atoms with E-state index in [1.54, 1.807) is 0 Å². The molecular formula is C43H35N3O3. The van der Waals surface area contributed by atoms with E-state index in [2.05, 4.69) is 112 Å². The lowest BCUT2D eigenvalue weighted by Crippen LogP contribution is -2.23. The summed E-state index contributed by atoms with van der Waals surface area (Å²) in [5.74, 6) is 4.60. The van der Waals surface area contributed by atoms with Crippen LogP contribution in [0.25, 0.3) is 44.6 Å². The van der Waals surface area contributed by atoms with E-state index in [1.807, 2.05) is 48.5 Å². The van der Waals surface area contributed by atoms with E-state index >= 15 is 0 Å². The van der Waals surface area contributed by atoms with Crippen LogP contribution in [0.2, 0.25) is 0 Å². The molecule has 0 fully saturated rings. The largest absolute Gasteiger partial charge is 0.453 e. The molecule has 9 rings (SSSR count). The van der Waals surface area contributed by atoms with Gasteiger partial charge in [0.1, 0.15) is 5.82 Å². The number of pyridine rings is 2. The molecule has 0 radical (unpaired) electrons. The summed E-state index contributed by atoms with van der Waals surface area (Å²) in [4.78, 5) is 10.4. The van der Waals surface area contributed by atoms with Crippen molar-refractivity contribution in [1.82, 2.24) is 14.5 Å². The molecule has 0 unspecified atom stereocenters. The Morgan fingerprint density at radius 2 is 1.29 bits per heavy atom. The minimum Gasteiger partial charge on any atom is -0.453 e. The highest BCUT2D eigenvalue weighted by atomic mass is 16.6. The van der Waals surface area contributed by atoms with Gasteiger partial charge in [0.15, 0.2) is 23.0 Å². The third-order valence-corrected chi connectivity index (χ3v) is 9.65. The lowest BCUT2D eigenvalue weighted by Gasteiger charge is -2.27. The van der Waals surface area contributed by atoms with Gasteiger partial charge in [-0.15, -0.1) is 0 Å². The van der Waals surface area contributed by atoms with E-state index in [0.29, 0.717) is 29.0 Å². The number of hydrogen-bond acceptors (Lipinski definition) is 5. The van der Waals surface area contributed by atoms with Crippen LogP contribution >= 0.6 is 0 Å². The molecule has 3 aromatic heterocycles. The Kier molecular flexibility index (Phi) is 6.31. The third kappa shape index (κ3) is 4.55. The second-order valence-corrected chi connectivity index (χ2v) is 14.3. The summed E-state index contributed by atoms with van der Waals surface area (Å²) in [6.45, 7) is 10.8. The van der Waals surface area contributed by atoms with Crippen molar-refractivity contribution in [2.45, 2.75) is 45.4 Å². The number of aromatic nitrogens is 3. The Morgan fingerprint density at radius 1 is 0.673 bits per heavy atom. The van der Waals surface area contributed by atoms with E-state index in [-0.39, 0.29) is 5.41 Å². The van der Waals surface area contributed by atoms with Crippen LogP contribution in [-0.4, -0.2) is 14.5 Å². The first-order valence-electron chi connectivity index (χ1n) is 16.7. The first-order valence-corrected chi connectivity index (χ1v) is 16.7. The van der Waals surface area contributed by atoms with Gasteiger partial charge in [-0.1, -0.05) is 99.6 Å². The van der Waals surface area contributed by atoms with Gasteiger partial charge in [0.25, 0.3) is 0 Å². The van der Waals surface area contributed by atoms with Crippen LogP contribution < -0.4 is 14.2 Å². The number of benzene rings is 4. The van der Waals surface area contributed by atoms with Crippen molar-refractivity contribution in [3.8, 4) is 40.3 Å². The molecule has 6 heteroatoms. The maximum Gasteiger partial charge on any atom is 0.227 e. The number of allylic oxidation sites excluding steroid dienone is 1. The summed E-state index contributed by atoms with van der Waals surface area (Å²) < 4.78 is 22.2. The van der Waals surface area contributed by atoms with Gasteiger partial charge in [0.2, 0.25) is 11.8 Å². The van der Waals surface area contributed by atoms with Crippen molar-refractivity contribution in [2.24, 2.45) is 0 Å². The smallest absolute Gasteiger partial charge is 0.227 e. The van der Waals surface area contributed by atoms with Crippen LogP contribution in [0.5, 0.6) is 23.3 Å². The molecule has 1 aliphatic heterocycles. The molecule has 0 saturated carbocycles. The zero-order chi connectivity index (χ0) is 33.5. The van der Waals surface area contributed by atoms with Gasteiger partial charge in [0.05, 0.1) is 27.7 Å². The Labute approximate surface area is 285 Å².